The van der Waals surface area contributed by atoms with E-state index in [1.165, 1.54) is 0 Å². The molecule has 0 spiro atoms. The highest BCUT2D eigenvalue weighted by Crippen LogP contribution is 2.33. The van der Waals surface area contributed by atoms with E-state index in [0.29, 0.717) is 30.9 Å². The second-order valence-corrected chi connectivity index (χ2v) is 9.53. The largest absolute Gasteiger partial charge is 0.454 e. The first-order chi connectivity index (χ1) is 16.4. The molecule has 1 aliphatic rings. The summed E-state index contributed by atoms with van der Waals surface area (Å²) in [5, 5.41) is 2.55. The smallest absolute Gasteiger partial charge is 0.412 e. The van der Waals surface area contributed by atoms with Crippen LogP contribution in [0.5, 0.6) is 11.5 Å². The van der Waals surface area contributed by atoms with Crippen LogP contribution in [0, 0.1) is 5.92 Å². The van der Waals surface area contributed by atoms with Gasteiger partial charge in [0.25, 0.3) is 0 Å². The zero-order valence-electron chi connectivity index (χ0n) is 21.7. The molecule has 0 bridgehead atoms. The standard InChI is InChI=1S/C25H38N2O8.H2/c1-8-16(3)21(26-23(29)35-25(5,6)7)22(28)33-15-34-24(30)27(9-2)17(4)12-18-10-11-19-20(13-18)32-14-31-19;/h10-11,13,16-17,21H,8-9,12,14-15H2,1-7H3,(H,26,29);1H/t16?,17-,21+;/m0./s1. The van der Waals surface area contributed by atoms with Crippen LogP contribution in [0.15, 0.2) is 18.2 Å². The Morgan fingerprint density at radius 1 is 1.11 bits per heavy atom. The normalized spacial score (nSPS) is 14.9. The molecule has 0 fully saturated rings. The minimum atomic E-state index is -0.930. The molecule has 10 nitrogen and oxygen atoms in total. The molecule has 1 heterocycles. The third-order valence-electron chi connectivity index (χ3n) is 5.60. The minimum Gasteiger partial charge on any atom is -0.454 e. The van der Waals surface area contributed by atoms with Crippen LogP contribution in [0.3, 0.4) is 0 Å². The van der Waals surface area contributed by atoms with Gasteiger partial charge >= 0.3 is 18.2 Å². The first-order valence-corrected chi connectivity index (χ1v) is 11.9. The highest BCUT2D eigenvalue weighted by atomic mass is 16.7. The fraction of sp³-hybridized carbons (Fsp3) is 0.640. The van der Waals surface area contributed by atoms with Gasteiger partial charge in [0.1, 0.15) is 11.6 Å². The van der Waals surface area contributed by atoms with E-state index in [2.05, 4.69) is 5.32 Å². The van der Waals surface area contributed by atoms with Crippen molar-refractivity contribution in [3.8, 4) is 11.5 Å². The lowest BCUT2D eigenvalue weighted by molar-refractivity contribution is -0.156. The van der Waals surface area contributed by atoms with E-state index < -0.39 is 36.6 Å². The Labute approximate surface area is 208 Å². The number of carbonyl (C=O) groups excluding carboxylic acids is 3. The van der Waals surface area contributed by atoms with E-state index in [1.807, 2.05) is 45.9 Å². The summed E-state index contributed by atoms with van der Waals surface area (Å²) in [5.74, 6) is 0.476. The Morgan fingerprint density at radius 3 is 2.43 bits per heavy atom. The van der Waals surface area contributed by atoms with Crippen LogP contribution in [-0.2, 0) is 25.4 Å². The molecule has 3 atom stereocenters. The zero-order valence-corrected chi connectivity index (χ0v) is 21.7. The van der Waals surface area contributed by atoms with Crippen LogP contribution in [0.4, 0.5) is 9.59 Å². The van der Waals surface area contributed by atoms with Gasteiger partial charge in [-0.2, -0.15) is 0 Å². The average molecular weight is 497 g/mol. The molecule has 1 N–H and O–H groups in total. The number of amides is 2. The van der Waals surface area contributed by atoms with Crippen molar-refractivity contribution in [3.05, 3.63) is 23.8 Å². The Hall–Kier alpha value is -3.17. The first kappa shape index (κ1) is 28.1. The van der Waals surface area contributed by atoms with E-state index >= 15 is 0 Å². The second kappa shape index (κ2) is 12.5. The summed E-state index contributed by atoms with van der Waals surface area (Å²) < 4.78 is 26.3. The molecule has 0 radical (unpaired) electrons. The van der Waals surface area contributed by atoms with E-state index in [0.717, 1.165) is 5.56 Å². The fourth-order valence-corrected chi connectivity index (χ4v) is 3.55. The van der Waals surface area contributed by atoms with Crippen molar-refractivity contribution in [2.75, 3.05) is 20.1 Å². The third-order valence-corrected chi connectivity index (χ3v) is 5.60. The molecule has 0 aliphatic carbocycles. The number of likely N-dealkylation sites (N-methyl/N-ethyl adjacent to an activating group) is 1. The molecule has 35 heavy (non-hydrogen) atoms. The number of alkyl carbamates (subject to hydrolysis) is 1. The second-order valence-electron chi connectivity index (χ2n) is 9.53. The number of nitrogens with zero attached hydrogens (tertiary/aromatic N) is 1. The van der Waals surface area contributed by atoms with E-state index in [4.69, 9.17) is 23.7 Å². The molecule has 2 rings (SSSR count). The van der Waals surface area contributed by atoms with E-state index in [1.54, 1.807) is 25.7 Å². The maximum Gasteiger partial charge on any atom is 0.412 e. The summed E-state index contributed by atoms with van der Waals surface area (Å²) in [5.41, 5.74) is 0.286. The van der Waals surface area contributed by atoms with Crippen LogP contribution >= 0.6 is 0 Å². The molecule has 1 aliphatic heterocycles. The van der Waals surface area contributed by atoms with E-state index in [9.17, 15) is 14.4 Å². The highest BCUT2D eigenvalue weighted by molar-refractivity contribution is 5.81. The van der Waals surface area contributed by atoms with Crippen molar-refractivity contribution in [1.29, 1.82) is 0 Å². The third kappa shape index (κ3) is 8.52. The number of benzene rings is 1. The molecular formula is C25H40N2O8. The summed E-state index contributed by atoms with van der Waals surface area (Å²) >= 11 is 0. The number of nitrogens with one attached hydrogen (secondary N) is 1. The lowest BCUT2D eigenvalue weighted by Gasteiger charge is -2.28. The van der Waals surface area contributed by atoms with Crippen molar-refractivity contribution in [1.82, 2.24) is 10.2 Å². The van der Waals surface area contributed by atoms with Gasteiger partial charge in [0, 0.05) is 14.0 Å². The predicted octanol–water partition coefficient (Wildman–Crippen LogP) is 4.49. The van der Waals surface area contributed by atoms with Crippen molar-refractivity contribution < 1.29 is 39.5 Å². The van der Waals surface area contributed by atoms with Gasteiger partial charge in [-0.15, -0.1) is 0 Å². The van der Waals surface area contributed by atoms with Crippen molar-refractivity contribution in [2.45, 2.75) is 79.0 Å². The quantitative estimate of drug-likeness (QED) is 0.372. The number of esters is 1. The SMILES string of the molecule is CCC(C)[C@@H](NC(=O)OC(C)(C)C)C(=O)OCOC(=O)N(CC)[C@@H](C)Cc1ccc2c(c1)OCO2.[HH]. The van der Waals surface area contributed by atoms with E-state index in [-0.39, 0.29) is 20.2 Å². The molecule has 1 unspecified atom stereocenters. The lowest BCUT2D eigenvalue weighted by atomic mass is 9.99. The summed E-state index contributed by atoms with van der Waals surface area (Å²) in [6, 6.07) is 4.56. The Bertz CT molecular complexity index is 889. The molecule has 0 aromatic heterocycles. The molecule has 1 aromatic carbocycles. The lowest BCUT2D eigenvalue weighted by Crippen LogP contribution is -2.48. The van der Waals surface area contributed by atoms with Crippen molar-refractivity contribution in [3.63, 3.8) is 0 Å². The first-order valence-electron chi connectivity index (χ1n) is 11.9. The average Bonchev–Trinajstić information content (AvgIpc) is 3.24. The number of carbonyl (C=O) groups is 3. The molecule has 1 aromatic rings. The van der Waals surface area contributed by atoms with Gasteiger partial charge in [0.05, 0.1) is 0 Å². The van der Waals surface area contributed by atoms with Crippen LogP contribution in [0.1, 0.15) is 61.9 Å². The van der Waals surface area contributed by atoms with Gasteiger partial charge in [-0.25, -0.2) is 14.4 Å². The summed E-state index contributed by atoms with van der Waals surface area (Å²) in [6.07, 6.45) is -0.119. The summed E-state index contributed by atoms with van der Waals surface area (Å²) in [4.78, 5) is 38.9. The fourth-order valence-electron chi connectivity index (χ4n) is 3.55. The van der Waals surface area contributed by atoms with Crippen LogP contribution in [-0.4, -0.2) is 60.9 Å². The minimum absolute atomic E-state index is 0. The molecule has 10 heteroatoms. The van der Waals surface area contributed by atoms with Gasteiger partial charge in [0.15, 0.2) is 11.5 Å². The number of hydrogen-bond donors (Lipinski definition) is 1. The predicted molar refractivity (Wildman–Crippen MR) is 130 cm³/mol. The van der Waals surface area contributed by atoms with Crippen LogP contribution < -0.4 is 14.8 Å². The molecule has 0 saturated carbocycles. The van der Waals surface area contributed by atoms with Crippen molar-refractivity contribution >= 4 is 18.2 Å². The summed E-state index contributed by atoms with van der Waals surface area (Å²) in [6.45, 7) is 12.7. The molecule has 0 saturated heterocycles. The maximum absolute atomic E-state index is 12.6. The number of rotatable bonds is 10. The Balaban J connectivity index is 0.00000648. The van der Waals surface area contributed by atoms with Crippen molar-refractivity contribution in [2.24, 2.45) is 5.92 Å². The Kier molecular flexibility index (Phi) is 10.0. The van der Waals surface area contributed by atoms with Gasteiger partial charge in [-0.1, -0.05) is 26.3 Å². The van der Waals surface area contributed by atoms with Crippen LogP contribution in [0.25, 0.3) is 0 Å². The van der Waals surface area contributed by atoms with Gasteiger partial charge in [-0.3, -0.25) is 0 Å². The van der Waals surface area contributed by atoms with Gasteiger partial charge in [-0.05, 0) is 64.7 Å². The highest BCUT2D eigenvalue weighted by Gasteiger charge is 2.30. The number of ether oxygens (including phenoxy) is 5. The zero-order chi connectivity index (χ0) is 26.2. The number of hydrogen-bond acceptors (Lipinski definition) is 8. The number of fused-ring (bicyclic) bond motifs is 1. The topological polar surface area (TPSA) is 113 Å². The van der Waals surface area contributed by atoms with Gasteiger partial charge < -0.3 is 33.9 Å². The molecular weight excluding hydrogens is 456 g/mol. The molecule has 2 amide bonds. The van der Waals surface area contributed by atoms with Crippen LogP contribution in [0.2, 0.25) is 0 Å². The van der Waals surface area contributed by atoms with Gasteiger partial charge in [0.2, 0.25) is 13.6 Å². The maximum atomic E-state index is 12.6. The molecule has 198 valence electrons. The summed E-state index contributed by atoms with van der Waals surface area (Å²) in [7, 11) is 0. The monoisotopic (exact) mass is 496 g/mol. The Morgan fingerprint density at radius 2 is 1.80 bits per heavy atom.